The Bertz CT molecular complexity index is 3690. The number of hydrogen-bond donors (Lipinski definition) is 15. The third-order valence-electron chi connectivity index (χ3n) is 16.7. The minimum absolute atomic E-state index is 0.0160. The van der Waals surface area contributed by atoms with Crippen LogP contribution < -0.4 is 81.0 Å². The fourth-order valence-corrected chi connectivity index (χ4v) is 11.8. The van der Waals surface area contributed by atoms with Gasteiger partial charge in [0.05, 0.1) is 12.8 Å². The van der Waals surface area contributed by atoms with Crippen LogP contribution in [-0.2, 0) is 86.4 Å². The quantitative estimate of drug-likeness (QED) is 0.0179. The van der Waals surface area contributed by atoms with Crippen molar-refractivity contribution in [2.24, 2.45) is 28.1 Å². The monoisotopic (exact) mass is 1400 g/mol. The van der Waals surface area contributed by atoms with Crippen LogP contribution in [0, 0.1) is 5.92 Å². The van der Waals surface area contributed by atoms with Gasteiger partial charge in [0.2, 0.25) is 82.7 Å². The number of halogens is 1. The van der Waals surface area contributed by atoms with Gasteiger partial charge in [-0.05, 0) is 90.1 Å². The number of aromatic nitrogens is 1. The molecule has 32 nitrogen and oxygen atoms in total. The zero-order valence-corrected chi connectivity index (χ0v) is 56.5. The lowest BCUT2D eigenvalue weighted by atomic mass is 9.99. The van der Waals surface area contributed by atoms with Crippen LogP contribution in [-0.4, -0.2) is 192 Å². The molecule has 2 bridgehead atoms. The van der Waals surface area contributed by atoms with Gasteiger partial charge in [-0.15, -0.1) is 0 Å². The zero-order chi connectivity index (χ0) is 72.6. The van der Waals surface area contributed by atoms with Crippen LogP contribution in [0.15, 0.2) is 96.2 Å². The summed E-state index contributed by atoms with van der Waals surface area (Å²) < 4.78 is 0. The lowest BCUT2D eigenvalue weighted by molar-refractivity contribution is -0.142. The van der Waals surface area contributed by atoms with E-state index in [-0.39, 0.29) is 102 Å². The summed E-state index contributed by atoms with van der Waals surface area (Å²) in [7, 11) is 0. The molecule has 3 aliphatic rings. The number of primary amides is 1. The molecule has 3 saturated heterocycles. The molecular formula is C67H87ClN18O14. The molecule has 1 aromatic heterocycles. The normalized spacial score (nSPS) is 21.9. The second-order valence-corrected chi connectivity index (χ2v) is 25.6. The van der Waals surface area contributed by atoms with Crippen molar-refractivity contribution in [2.45, 2.75) is 158 Å². The molecule has 3 fully saturated rings. The average Bonchev–Trinajstić information content (AvgIpc) is 1.68. The number of hydrogen-bond acceptors (Lipinski definition) is 16. The average molecular weight is 1400 g/mol. The maximum Gasteiger partial charge on any atom is 0.245 e. The number of benzene rings is 3. The number of pyridine rings is 1. The van der Waals surface area contributed by atoms with Gasteiger partial charge in [-0.2, -0.15) is 0 Å². The third-order valence-corrected chi connectivity index (χ3v) is 17.0. The lowest BCUT2D eigenvalue weighted by Crippen LogP contribution is -2.61. The Kier molecular flexibility index (Phi) is 28.5. The van der Waals surface area contributed by atoms with E-state index in [1.165, 1.54) is 30.3 Å². The summed E-state index contributed by atoms with van der Waals surface area (Å²) in [6.07, 6.45) is -0.263. The van der Waals surface area contributed by atoms with Crippen molar-refractivity contribution in [1.82, 2.24) is 73.7 Å². The zero-order valence-electron chi connectivity index (χ0n) is 55.7. The van der Waals surface area contributed by atoms with Gasteiger partial charge in [-0.1, -0.05) is 86.1 Å². The SMILES string of the molecule is CC(=O)N[C@H](Cc1ccc2ccccc2c1)C(=O)N[C@H](Cc1ccc(Cl)cc1)C(=O)N[C@H](Cc1cccnc1)C(=O)N[C@H]1CC(=O)NC[C@@H](C(N)=O)NC(=O)[C@@H]2CCCN2C(=O)[C@@H]2CCNC(=O)CCNC(=O)C[C@H](NC1=O)C(=O)N[C@H](CCCN=C(N)N)C(=O)N[C@@H](CC(C)C)C(=O)N2. The van der Waals surface area contributed by atoms with Crippen molar-refractivity contribution >= 4 is 111 Å². The van der Waals surface area contributed by atoms with Crippen LogP contribution in [0.3, 0.4) is 0 Å². The molecule has 10 atom stereocenters. The Morgan fingerprint density at radius 1 is 0.630 bits per heavy atom. The van der Waals surface area contributed by atoms with E-state index in [1.54, 1.807) is 50.2 Å². The van der Waals surface area contributed by atoms with Crippen molar-refractivity contribution in [3.63, 3.8) is 0 Å². The summed E-state index contributed by atoms with van der Waals surface area (Å²) in [6.45, 7) is 3.34. The molecule has 3 aliphatic heterocycles. The molecule has 0 radical (unpaired) electrons. The standard InChI is InChI=1S/C67H87ClN18O14/c1-36(2)27-46-59(93)79-45-20-24-73-54(88)21-25-74-55(89)32-50(63(97)78-44(58(92)80-46)12-7-23-75-67(70)71)84-64(98)51(33-56(90)76-35-52(57(69)91)85-65(99)53-13-8-26-86(53)66(45)100)83-62(96)49(31-40-9-6-22-72-34-40)82-61(95)48(29-38-15-18-43(68)19-16-38)81-60(94)47(77-37(3)87)30-39-14-17-41-10-4-5-11-42(41)28-39/h4-6,9-11,14-19,22,28,34,36,44-53H,7-8,12-13,20-21,23-27,29-33,35H2,1-3H3,(H2,69,91)(H,73,88)(H,74,89)(H,76,90)(H,77,87)(H,78,97)(H,79,93)(H,80,92)(H,81,94)(H,82,95)(H,83,96)(H,84,98)(H,85,99)(H4,70,71,75)/t44-,45+,46+,47-,48-,49-,50+,51+,52+,53+/m1/s1. The molecule has 3 aromatic carbocycles. The van der Waals surface area contributed by atoms with E-state index in [1.807, 2.05) is 36.4 Å². The van der Waals surface area contributed by atoms with Crippen molar-refractivity contribution in [2.75, 3.05) is 32.7 Å². The van der Waals surface area contributed by atoms with Crippen LogP contribution in [0.1, 0.15) is 95.2 Å². The van der Waals surface area contributed by atoms with E-state index in [4.69, 9.17) is 28.8 Å². The van der Waals surface area contributed by atoms with E-state index < -0.39 is 163 Å². The van der Waals surface area contributed by atoms with Crippen LogP contribution >= 0.6 is 11.6 Å². The van der Waals surface area contributed by atoms with Crippen LogP contribution in [0.25, 0.3) is 10.8 Å². The Morgan fingerprint density at radius 3 is 1.94 bits per heavy atom. The van der Waals surface area contributed by atoms with E-state index in [2.05, 4.69) is 73.8 Å². The van der Waals surface area contributed by atoms with Gasteiger partial charge >= 0.3 is 0 Å². The second kappa shape index (κ2) is 37.2. The topological polar surface area (TPSA) is 490 Å². The van der Waals surface area contributed by atoms with Gasteiger partial charge < -0.3 is 85.9 Å². The number of nitrogens with one attached hydrogen (secondary N) is 12. The molecule has 4 aromatic rings. The number of rotatable bonds is 20. The fourth-order valence-electron chi connectivity index (χ4n) is 11.6. The van der Waals surface area contributed by atoms with Gasteiger partial charge in [0, 0.05) is 82.7 Å². The van der Waals surface area contributed by atoms with E-state index in [0.717, 1.165) is 10.8 Å². The number of carbonyl (C=O) groups is 14. The minimum atomic E-state index is -2.09. The van der Waals surface area contributed by atoms with Gasteiger partial charge in [0.25, 0.3) is 0 Å². The first-order valence-electron chi connectivity index (χ1n) is 33.0. The van der Waals surface area contributed by atoms with Gasteiger partial charge in [0.1, 0.15) is 60.4 Å². The smallest absolute Gasteiger partial charge is 0.245 e. The second-order valence-electron chi connectivity index (χ2n) is 25.1. The molecule has 0 aliphatic carbocycles. The summed E-state index contributed by atoms with van der Waals surface area (Å²) >= 11 is 6.25. The molecule has 18 N–H and O–H groups in total. The van der Waals surface area contributed by atoms with E-state index >= 15 is 14.4 Å². The highest BCUT2D eigenvalue weighted by atomic mass is 35.5. The lowest BCUT2D eigenvalue weighted by Gasteiger charge is -2.31. The highest BCUT2D eigenvalue weighted by molar-refractivity contribution is 6.30. The number of nitrogens with two attached hydrogens (primary N) is 3. The minimum Gasteiger partial charge on any atom is -0.370 e. The molecule has 0 saturated carbocycles. The van der Waals surface area contributed by atoms with Crippen LogP contribution in [0.2, 0.25) is 5.02 Å². The molecule has 0 unspecified atom stereocenters. The van der Waals surface area contributed by atoms with Crippen molar-refractivity contribution in [1.29, 1.82) is 0 Å². The number of guanidine groups is 1. The summed E-state index contributed by atoms with van der Waals surface area (Å²) in [5.41, 5.74) is 18.5. The molecule has 7 rings (SSSR count). The predicted molar refractivity (Wildman–Crippen MR) is 365 cm³/mol. The molecule has 100 heavy (non-hydrogen) atoms. The van der Waals surface area contributed by atoms with Gasteiger partial charge in [0.15, 0.2) is 5.96 Å². The fraction of sp³-hybridized carbons (Fsp3) is 0.463. The molecule has 0 spiro atoms. The predicted octanol–water partition coefficient (Wildman–Crippen LogP) is -3.19. The first kappa shape index (κ1) is 76.6. The van der Waals surface area contributed by atoms with Crippen molar-refractivity contribution in [3.05, 3.63) is 113 Å². The summed E-state index contributed by atoms with van der Waals surface area (Å²) in [5.74, 6) is -13.9. The van der Waals surface area contributed by atoms with E-state index in [9.17, 15) is 52.7 Å². The molecule has 14 amide bonds. The Balaban J connectivity index is 1.28. The molecule has 33 heteroatoms. The highest BCUT2D eigenvalue weighted by Crippen LogP contribution is 2.22. The van der Waals surface area contributed by atoms with E-state index in [0.29, 0.717) is 21.7 Å². The number of aliphatic imine (C=N–C) groups is 1. The maximum absolute atomic E-state index is 15.2. The highest BCUT2D eigenvalue weighted by Gasteiger charge is 2.41. The number of fused-ring (bicyclic) bond motifs is 11. The Hall–Kier alpha value is -10.8. The van der Waals surface area contributed by atoms with Crippen molar-refractivity contribution < 1.29 is 67.1 Å². The maximum atomic E-state index is 15.2. The van der Waals surface area contributed by atoms with Crippen molar-refractivity contribution in [3.8, 4) is 0 Å². The number of nitrogens with zero attached hydrogens (tertiary/aromatic N) is 3. The Labute approximate surface area is 581 Å². The Morgan fingerprint density at radius 2 is 1.26 bits per heavy atom. The molecule has 4 heterocycles. The third kappa shape index (κ3) is 23.7. The summed E-state index contributed by atoms with van der Waals surface area (Å²) in [6, 6.07) is 6.54. The largest absolute Gasteiger partial charge is 0.370 e. The first-order valence-corrected chi connectivity index (χ1v) is 33.3. The molecular weight excluding hydrogens is 1320 g/mol. The number of amides is 14. The summed E-state index contributed by atoms with van der Waals surface area (Å²) in [4.78, 5) is 210. The first-order chi connectivity index (χ1) is 47.7. The van der Waals surface area contributed by atoms with Crippen LogP contribution in [0.4, 0.5) is 0 Å². The number of carbonyl (C=O) groups excluding carboxylic acids is 14. The van der Waals surface area contributed by atoms with Crippen LogP contribution in [0.5, 0.6) is 0 Å². The summed E-state index contributed by atoms with van der Waals surface area (Å²) in [5, 5.41) is 33.2. The van der Waals surface area contributed by atoms with Gasteiger partial charge in [-0.25, -0.2) is 0 Å². The van der Waals surface area contributed by atoms with Gasteiger partial charge in [-0.3, -0.25) is 77.1 Å². The molecule has 536 valence electrons.